The van der Waals surface area contributed by atoms with E-state index < -0.39 is 0 Å². The van der Waals surface area contributed by atoms with E-state index in [1.807, 2.05) is 37.3 Å². The lowest BCUT2D eigenvalue weighted by Gasteiger charge is -2.08. The van der Waals surface area contributed by atoms with Crippen molar-refractivity contribution in [2.45, 2.75) is 6.92 Å². The summed E-state index contributed by atoms with van der Waals surface area (Å²) in [5, 5.41) is 16.2. The highest BCUT2D eigenvalue weighted by atomic mass is 16.5. The Morgan fingerprint density at radius 3 is 2.79 bits per heavy atom. The van der Waals surface area contributed by atoms with E-state index in [0.29, 0.717) is 18.1 Å². The normalized spacial score (nSPS) is 10.8. The summed E-state index contributed by atoms with van der Waals surface area (Å²) in [7, 11) is 0. The maximum atomic E-state index is 8.73. The predicted molar refractivity (Wildman–Crippen MR) is 73.4 cm³/mol. The van der Waals surface area contributed by atoms with E-state index in [1.54, 1.807) is 10.8 Å². The lowest BCUT2D eigenvalue weighted by Crippen LogP contribution is -2.04. The van der Waals surface area contributed by atoms with E-state index in [4.69, 9.17) is 9.94 Å². The van der Waals surface area contributed by atoms with Crippen LogP contribution in [0.5, 0.6) is 5.88 Å². The van der Waals surface area contributed by atoms with Crippen molar-refractivity contribution in [3.63, 3.8) is 0 Å². The Balaban J connectivity index is 2.53. The molecule has 0 atom stereocenters. The summed E-state index contributed by atoms with van der Waals surface area (Å²) in [4.78, 5) is 0. The van der Waals surface area contributed by atoms with Crippen LogP contribution < -0.4 is 4.74 Å². The highest BCUT2D eigenvalue weighted by Crippen LogP contribution is 2.24. The summed E-state index contributed by atoms with van der Waals surface area (Å²) in [6.45, 7) is 5.80. The van der Waals surface area contributed by atoms with Crippen LogP contribution >= 0.6 is 0 Å². The van der Waals surface area contributed by atoms with Crippen LogP contribution in [0.1, 0.15) is 11.3 Å². The Hall–Kier alpha value is -2.56. The third-order valence-corrected chi connectivity index (χ3v) is 2.59. The third kappa shape index (κ3) is 2.65. The fourth-order valence-electron chi connectivity index (χ4n) is 1.75. The van der Waals surface area contributed by atoms with Crippen LogP contribution in [-0.2, 0) is 0 Å². The predicted octanol–water partition coefficient (Wildman–Crippen LogP) is 2.55. The van der Waals surface area contributed by atoms with Crippen molar-refractivity contribution in [1.82, 2.24) is 9.78 Å². The zero-order valence-corrected chi connectivity index (χ0v) is 10.7. The fraction of sp³-hybridized carbons (Fsp3) is 0.143. The zero-order valence-electron chi connectivity index (χ0n) is 10.7. The molecule has 1 aromatic heterocycles. The van der Waals surface area contributed by atoms with Gasteiger partial charge in [-0.3, -0.25) is 0 Å². The number of hydrogen-bond acceptors (Lipinski definition) is 4. The first-order chi connectivity index (χ1) is 9.27. The maximum absolute atomic E-state index is 8.73. The van der Waals surface area contributed by atoms with Crippen molar-refractivity contribution in [1.29, 1.82) is 0 Å². The van der Waals surface area contributed by atoms with Gasteiger partial charge in [0.2, 0.25) is 5.88 Å². The largest absolute Gasteiger partial charge is 0.473 e. The first-order valence-electron chi connectivity index (χ1n) is 5.84. The molecule has 0 radical (unpaired) electrons. The molecule has 0 bridgehead atoms. The lowest BCUT2D eigenvalue weighted by molar-refractivity contribution is 0.320. The number of rotatable bonds is 5. The SMILES string of the molecule is C=CCOc1c(C=NO)c(C)nn1-c1ccccc1. The van der Waals surface area contributed by atoms with Gasteiger partial charge in [-0.1, -0.05) is 36.0 Å². The highest BCUT2D eigenvalue weighted by molar-refractivity contribution is 5.84. The molecule has 1 heterocycles. The van der Waals surface area contributed by atoms with E-state index in [0.717, 1.165) is 11.4 Å². The molecule has 0 spiro atoms. The molecule has 1 N–H and O–H groups in total. The first-order valence-corrected chi connectivity index (χ1v) is 5.84. The minimum absolute atomic E-state index is 0.351. The molecule has 0 aliphatic heterocycles. The quantitative estimate of drug-likeness (QED) is 0.387. The Morgan fingerprint density at radius 2 is 2.16 bits per heavy atom. The lowest BCUT2D eigenvalue weighted by atomic mass is 10.2. The molecule has 5 nitrogen and oxygen atoms in total. The van der Waals surface area contributed by atoms with Gasteiger partial charge in [0.1, 0.15) is 6.61 Å². The molecule has 0 aliphatic rings. The number of nitrogens with zero attached hydrogens (tertiary/aromatic N) is 3. The van der Waals surface area contributed by atoms with E-state index in [1.165, 1.54) is 6.21 Å². The second-order valence-corrected chi connectivity index (χ2v) is 3.90. The number of oxime groups is 1. The van der Waals surface area contributed by atoms with Crippen LogP contribution in [0.2, 0.25) is 0 Å². The Labute approximate surface area is 111 Å². The zero-order chi connectivity index (χ0) is 13.7. The average molecular weight is 257 g/mol. The van der Waals surface area contributed by atoms with Crippen molar-refractivity contribution in [3.8, 4) is 11.6 Å². The van der Waals surface area contributed by atoms with Gasteiger partial charge in [-0.15, -0.1) is 0 Å². The third-order valence-electron chi connectivity index (χ3n) is 2.59. The number of benzene rings is 1. The van der Waals surface area contributed by atoms with Gasteiger partial charge in [-0.25, -0.2) is 4.68 Å². The summed E-state index contributed by atoms with van der Waals surface area (Å²) in [6, 6.07) is 9.62. The van der Waals surface area contributed by atoms with Gasteiger partial charge in [0.05, 0.1) is 23.2 Å². The number of hydrogen-bond donors (Lipinski definition) is 1. The Morgan fingerprint density at radius 1 is 1.42 bits per heavy atom. The van der Waals surface area contributed by atoms with E-state index in [-0.39, 0.29) is 0 Å². The van der Waals surface area contributed by atoms with Gasteiger partial charge < -0.3 is 9.94 Å². The molecule has 0 unspecified atom stereocenters. The van der Waals surface area contributed by atoms with Crippen LogP contribution in [0.4, 0.5) is 0 Å². The molecule has 0 fully saturated rings. The van der Waals surface area contributed by atoms with Crippen molar-refractivity contribution in [2.24, 2.45) is 5.16 Å². The molecular weight excluding hydrogens is 242 g/mol. The Bertz CT molecular complexity index is 588. The van der Waals surface area contributed by atoms with Gasteiger partial charge in [-0.2, -0.15) is 5.10 Å². The summed E-state index contributed by atoms with van der Waals surface area (Å²) < 4.78 is 7.30. The van der Waals surface area contributed by atoms with Crippen molar-refractivity contribution in [3.05, 3.63) is 54.2 Å². The van der Waals surface area contributed by atoms with Gasteiger partial charge in [0.25, 0.3) is 0 Å². The first kappa shape index (κ1) is 12.9. The molecule has 0 saturated heterocycles. The molecule has 0 amide bonds. The number of para-hydroxylation sites is 1. The molecule has 19 heavy (non-hydrogen) atoms. The molecule has 2 rings (SSSR count). The molecule has 1 aromatic carbocycles. The second-order valence-electron chi connectivity index (χ2n) is 3.90. The summed E-state index contributed by atoms with van der Waals surface area (Å²) >= 11 is 0. The smallest absolute Gasteiger partial charge is 0.226 e. The van der Waals surface area contributed by atoms with Crippen molar-refractivity contribution in [2.75, 3.05) is 6.61 Å². The van der Waals surface area contributed by atoms with Crippen molar-refractivity contribution >= 4 is 6.21 Å². The van der Waals surface area contributed by atoms with Crippen LogP contribution in [-0.4, -0.2) is 27.8 Å². The van der Waals surface area contributed by atoms with E-state index >= 15 is 0 Å². The van der Waals surface area contributed by atoms with Gasteiger partial charge in [0, 0.05) is 0 Å². The molecule has 98 valence electrons. The molecule has 2 aromatic rings. The van der Waals surface area contributed by atoms with Gasteiger partial charge in [0.15, 0.2) is 0 Å². The van der Waals surface area contributed by atoms with Gasteiger partial charge >= 0.3 is 0 Å². The standard InChI is InChI=1S/C14H15N3O2/c1-3-9-19-14-13(10-15-18)11(2)16-17(14)12-7-5-4-6-8-12/h3-8,10,18H,1,9H2,2H3. The molecular formula is C14H15N3O2. The van der Waals surface area contributed by atoms with Crippen LogP contribution in [0.3, 0.4) is 0 Å². The number of ether oxygens (including phenoxy) is 1. The minimum Gasteiger partial charge on any atom is -0.473 e. The summed E-state index contributed by atoms with van der Waals surface area (Å²) in [5.41, 5.74) is 2.25. The van der Waals surface area contributed by atoms with Gasteiger partial charge in [-0.05, 0) is 19.1 Å². The minimum atomic E-state index is 0.351. The number of aryl methyl sites for hydroxylation is 1. The van der Waals surface area contributed by atoms with E-state index in [2.05, 4.69) is 16.8 Å². The topological polar surface area (TPSA) is 59.6 Å². The van der Waals surface area contributed by atoms with E-state index in [9.17, 15) is 0 Å². The maximum Gasteiger partial charge on any atom is 0.226 e. The van der Waals surface area contributed by atoms with Crippen LogP contribution in [0.15, 0.2) is 48.1 Å². The monoisotopic (exact) mass is 257 g/mol. The van der Waals surface area contributed by atoms with Crippen LogP contribution in [0, 0.1) is 6.92 Å². The second kappa shape index (κ2) is 5.86. The summed E-state index contributed by atoms with van der Waals surface area (Å²) in [6.07, 6.45) is 2.97. The van der Waals surface area contributed by atoms with Crippen LogP contribution in [0.25, 0.3) is 5.69 Å². The molecule has 0 saturated carbocycles. The molecule has 0 aliphatic carbocycles. The highest BCUT2D eigenvalue weighted by Gasteiger charge is 2.16. The number of aromatic nitrogens is 2. The average Bonchev–Trinajstić information content (AvgIpc) is 2.75. The molecule has 5 heteroatoms. The fourth-order valence-corrected chi connectivity index (χ4v) is 1.75. The van der Waals surface area contributed by atoms with Crippen molar-refractivity contribution < 1.29 is 9.94 Å². The Kier molecular flexibility index (Phi) is 3.97. The summed E-state index contributed by atoms with van der Waals surface area (Å²) in [5.74, 6) is 0.529.